The fraction of sp³-hybridized carbons (Fsp3) is 0.300. The fourth-order valence-corrected chi connectivity index (χ4v) is 2.42. The topological polar surface area (TPSA) is 67.4 Å². The predicted molar refractivity (Wildman–Crippen MR) is 102 cm³/mol. The zero-order valence-electron chi connectivity index (χ0n) is 14.7. The number of amides is 2. The molecule has 0 aromatic heterocycles. The molecule has 0 heterocycles. The van der Waals surface area contributed by atoms with E-state index in [0.29, 0.717) is 36.7 Å². The molecule has 5 nitrogen and oxygen atoms in total. The van der Waals surface area contributed by atoms with E-state index in [4.69, 9.17) is 16.3 Å². The molecule has 138 valence electrons. The van der Waals surface area contributed by atoms with Crippen LogP contribution in [0.25, 0.3) is 0 Å². The lowest BCUT2D eigenvalue weighted by molar-refractivity contribution is -0.127. The molecule has 1 unspecified atom stereocenters. The largest absolute Gasteiger partial charge is 0.481 e. The van der Waals surface area contributed by atoms with Crippen LogP contribution in [0.15, 0.2) is 54.6 Å². The van der Waals surface area contributed by atoms with Gasteiger partial charge in [-0.05, 0) is 43.2 Å². The van der Waals surface area contributed by atoms with Gasteiger partial charge in [0.2, 0.25) is 5.91 Å². The summed E-state index contributed by atoms with van der Waals surface area (Å²) in [5.41, 5.74) is 1.13. The quantitative estimate of drug-likeness (QED) is 0.663. The SMILES string of the molecule is CC(Oc1ccc(Cl)cc1)C(=O)NCCNC(=O)CCc1ccccc1. The van der Waals surface area contributed by atoms with Gasteiger partial charge in [0.25, 0.3) is 5.91 Å². The molecule has 0 saturated heterocycles. The van der Waals surface area contributed by atoms with Crippen LogP contribution in [-0.2, 0) is 16.0 Å². The Morgan fingerprint density at radius 3 is 2.35 bits per heavy atom. The highest BCUT2D eigenvalue weighted by Gasteiger charge is 2.14. The number of benzene rings is 2. The maximum atomic E-state index is 12.0. The zero-order valence-corrected chi connectivity index (χ0v) is 15.5. The summed E-state index contributed by atoms with van der Waals surface area (Å²) in [6.07, 6.45) is 0.490. The van der Waals surface area contributed by atoms with E-state index in [2.05, 4.69) is 10.6 Å². The molecule has 0 saturated carbocycles. The van der Waals surface area contributed by atoms with Crippen molar-refractivity contribution in [1.29, 1.82) is 0 Å². The predicted octanol–water partition coefficient (Wildman–Crippen LogP) is 2.97. The molecule has 0 aliphatic heterocycles. The molecule has 2 aromatic carbocycles. The van der Waals surface area contributed by atoms with E-state index in [9.17, 15) is 9.59 Å². The zero-order chi connectivity index (χ0) is 18.8. The second kappa shape index (κ2) is 10.5. The highest BCUT2D eigenvalue weighted by molar-refractivity contribution is 6.30. The molecule has 0 fully saturated rings. The summed E-state index contributed by atoms with van der Waals surface area (Å²) in [5, 5.41) is 6.14. The number of hydrogen-bond acceptors (Lipinski definition) is 3. The minimum absolute atomic E-state index is 0.0337. The van der Waals surface area contributed by atoms with Crippen LogP contribution in [0, 0.1) is 0 Å². The van der Waals surface area contributed by atoms with E-state index in [-0.39, 0.29) is 11.8 Å². The Hall–Kier alpha value is -2.53. The van der Waals surface area contributed by atoms with Gasteiger partial charge in [0.05, 0.1) is 0 Å². The summed E-state index contributed by atoms with van der Waals surface area (Å²) in [4.78, 5) is 23.8. The number of carbonyl (C=O) groups excluding carboxylic acids is 2. The van der Waals surface area contributed by atoms with Gasteiger partial charge in [-0.3, -0.25) is 9.59 Å². The first-order chi connectivity index (χ1) is 12.5. The minimum atomic E-state index is -0.634. The van der Waals surface area contributed by atoms with Gasteiger partial charge in [0.1, 0.15) is 5.75 Å². The van der Waals surface area contributed by atoms with Crippen molar-refractivity contribution in [2.24, 2.45) is 0 Å². The van der Waals surface area contributed by atoms with E-state index in [1.807, 2.05) is 30.3 Å². The maximum absolute atomic E-state index is 12.0. The van der Waals surface area contributed by atoms with Crippen LogP contribution >= 0.6 is 11.6 Å². The molecule has 2 rings (SSSR count). The van der Waals surface area contributed by atoms with Crippen molar-refractivity contribution < 1.29 is 14.3 Å². The fourth-order valence-electron chi connectivity index (χ4n) is 2.29. The Labute approximate surface area is 158 Å². The van der Waals surface area contributed by atoms with Crippen LogP contribution in [0.4, 0.5) is 0 Å². The molecule has 0 spiro atoms. The highest BCUT2D eigenvalue weighted by Crippen LogP contribution is 2.16. The number of nitrogens with one attached hydrogen (secondary N) is 2. The van der Waals surface area contributed by atoms with Crippen molar-refractivity contribution in [2.45, 2.75) is 25.9 Å². The van der Waals surface area contributed by atoms with Gasteiger partial charge in [-0.25, -0.2) is 0 Å². The lowest BCUT2D eigenvalue weighted by Gasteiger charge is -2.15. The summed E-state index contributed by atoms with van der Waals surface area (Å²) >= 11 is 5.81. The monoisotopic (exact) mass is 374 g/mol. The molecular formula is C20H23ClN2O3. The molecule has 6 heteroatoms. The molecule has 0 radical (unpaired) electrons. The van der Waals surface area contributed by atoms with Gasteiger partial charge in [-0.15, -0.1) is 0 Å². The third-order valence-electron chi connectivity index (χ3n) is 3.73. The van der Waals surface area contributed by atoms with Crippen molar-refractivity contribution in [3.63, 3.8) is 0 Å². The van der Waals surface area contributed by atoms with Crippen molar-refractivity contribution in [2.75, 3.05) is 13.1 Å². The van der Waals surface area contributed by atoms with Gasteiger partial charge in [-0.1, -0.05) is 41.9 Å². The molecule has 26 heavy (non-hydrogen) atoms. The van der Waals surface area contributed by atoms with Crippen LogP contribution in [-0.4, -0.2) is 31.0 Å². The molecule has 2 amide bonds. The van der Waals surface area contributed by atoms with Crippen LogP contribution in [0.2, 0.25) is 5.02 Å². The van der Waals surface area contributed by atoms with Crippen LogP contribution in [0.1, 0.15) is 18.9 Å². The van der Waals surface area contributed by atoms with Crippen molar-refractivity contribution in [3.05, 3.63) is 65.2 Å². The summed E-state index contributed by atoms with van der Waals surface area (Å²) in [5.74, 6) is 0.304. The van der Waals surface area contributed by atoms with Crippen molar-refractivity contribution in [1.82, 2.24) is 10.6 Å². The molecule has 0 aliphatic carbocycles. The van der Waals surface area contributed by atoms with Crippen LogP contribution in [0.5, 0.6) is 5.75 Å². The third kappa shape index (κ3) is 7.15. The Morgan fingerprint density at radius 1 is 1.00 bits per heavy atom. The van der Waals surface area contributed by atoms with Crippen molar-refractivity contribution >= 4 is 23.4 Å². The van der Waals surface area contributed by atoms with Gasteiger partial charge in [0.15, 0.2) is 6.10 Å². The Bertz CT molecular complexity index is 705. The molecule has 2 aromatic rings. The minimum Gasteiger partial charge on any atom is -0.481 e. The third-order valence-corrected chi connectivity index (χ3v) is 3.98. The van der Waals surface area contributed by atoms with E-state index in [0.717, 1.165) is 5.56 Å². The molecule has 0 aliphatic rings. The first kappa shape index (κ1) is 19.8. The van der Waals surface area contributed by atoms with Crippen molar-refractivity contribution in [3.8, 4) is 5.75 Å². The Kier molecular flexibility index (Phi) is 7.96. The number of ether oxygens (including phenoxy) is 1. The summed E-state index contributed by atoms with van der Waals surface area (Å²) in [6.45, 7) is 2.40. The number of aryl methyl sites for hydroxylation is 1. The molecule has 1 atom stereocenters. The van der Waals surface area contributed by atoms with Gasteiger partial charge >= 0.3 is 0 Å². The van der Waals surface area contributed by atoms with E-state index in [1.165, 1.54) is 0 Å². The van der Waals surface area contributed by atoms with Crippen LogP contribution < -0.4 is 15.4 Å². The van der Waals surface area contributed by atoms with Gasteiger partial charge in [-0.2, -0.15) is 0 Å². The number of halogens is 1. The van der Waals surface area contributed by atoms with E-state index >= 15 is 0 Å². The average molecular weight is 375 g/mol. The second-order valence-corrected chi connectivity index (χ2v) is 6.28. The summed E-state index contributed by atoms with van der Waals surface area (Å²) in [6, 6.07) is 16.7. The summed E-state index contributed by atoms with van der Waals surface area (Å²) in [7, 11) is 0. The van der Waals surface area contributed by atoms with E-state index in [1.54, 1.807) is 31.2 Å². The lowest BCUT2D eigenvalue weighted by Crippen LogP contribution is -2.40. The second-order valence-electron chi connectivity index (χ2n) is 5.84. The molecule has 0 bridgehead atoms. The number of carbonyl (C=O) groups is 2. The first-order valence-corrected chi connectivity index (χ1v) is 8.93. The standard InChI is InChI=1S/C20H23ClN2O3/c1-15(26-18-10-8-17(21)9-11-18)20(25)23-14-13-22-19(24)12-7-16-5-3-2-4-6-16/h2-6,8-11,15H,7,12-14H2,1H3,(H,22,24)(H,23,25). The lowest BCUT2D eigenvalue weighted by atomic mass is 10.1. The van der Waals surface area contributed by atoms with E-state index < -0.39 is 6.10 Å². The maximum Gasteiger partial charge on any atom is 0.260 e. The Balaban J connectivity index is 1.60. The number of hydrogen-bond donors (Lipinski definition) is 2. The molecular weight excluding hydrogens is 352 g/mol. The normalized spacial score (nSPS) is 11.5. The smallest absolute Gasteiger partial charge is 0.260 e. The van der Waals surface area contributed by atoms with Gasteiger partial charge < -0.3 is 15.4 Å². The number of rotatable bonds is 9. The summed E-state index contributed by atoms with van der Waals surface area (Å²) < 4.78 is 5.54. The highest BCUT2D eigenvalue weighted by atomic mass is 35.5. The van der Waals surface area contributed by atoms with Crippen LogP contribution in [0.3, 0.4) is 0 Å². The average Bonchev–Trinajstić information content (AvgIpc) is 2.66. The Morgan fingerprint density at radius 2 is 1.65 bits per heavy atom. The first-order valence-electron chi connectivity index (χ1n) is 8.55. The van der Waals surface area contributed by atoms with Gasteiger partial charge in [0, 0.05) is 24.5 Å². The molecule has 2 N–H and O–H groups in total.